The number of rotatable bonds is 24. The van der Waals surface area contributed by atoms with Gasteiger partial charge in [-0.2, -0.15) is 0 Å². The third-order valence-electron chi connectivity index (χ3n) is 12.9. The molecule has 1 aromatic heterocycles. The van der Waals surface area contributed by atoms with E-state index in [2.05, 4.69) is 93.2 Å². The number of nitrogens with one attached hydrogen (secondary N) is 2. The minimum absolute atomic E-state index is 0.0790. The number of ether oxygens (including phenoxy) is 2. The summed E-state index contributed by atoms with van der Waals surface area (Å²) >= 11 is 0. The van der Waals surface area contributed by atoms with Gasteiger partial charge < -0.3 is 37.7 Å². The normalized spacial score (nSPS) is 19.6. The van der Waals surface area contributed by atoms with Crippen molar-refractivity contribution in [3.8, 4) is 11.8 Å². The summed E-state index contributed by atoms with van der Waals surface area (Å²) in [7, 11) is -4.15. The molecule has 2 aromatic carbocycles. The second-order valence-corrected chi connectivity index (χ2v) is 25.9. The molecule has 14 nitrogen and oxygen atoms in total. The van der Waals surface area contributed by atoms with Crippen LogP contribution in [0.4, 0.5) is 0 Å². The van der Waals surface area contributed by atoms with E-state index in [-0.39, 0.29) is 54.3 Å². The number of H-pyrrole nitrogens is 1. The average molecular weight is 972 g/mol. The summed E-state index contributed by atoms with van der Waals surface area (Å²) in [6, 6.07) is 15.9. The Morgan fingerprint density at radius 2 is 1.62 bits per heavy atom. The number of nitrogens with zero attached hydrogens (tertiary/aromatic N) is 3. The number of esters is 1. The fourth-order valence-electron chi connectivity index (χ4n) is 8.32. The molecule has 3 aromatic rings. The van der Waals surface area contributed by atoms with Crippen LogP contribution in [0.3, 0.4) is 0 Å². The number of amides is 1. The van der Waals surface area contributed by atoms with Crippen LogP contribution in [0.2, 0.25) is 18.1 Å². The molecule has 0 saturated carbocycles. The lowest BCUT2D eigenvalue weighted by Gasteiger charge is -2.42. The summed E-state index contributed by atoms with van der Waals surface area (Å²) in [6.45, 7) is 29.4. The third kappa shape index (κ3) is 14.8. The number of benzene rings is 2. The van der Waals surface area contributed by atoms with Crippen LogP contribution in [0.15, 0.2) is 64.3 Å². The van der Waals surface area contributed by atoms with Crippen molar-refractivity contribution >= 4 is 28.7 Å². The van der Waals surface area contributed by atoms with Crippen molar-refractivity contribution in [3.63, 3.8) is 0 Å². The molecule has 3 unspecified atom stereocenters. The Balaban J connectivity index is 1.15. The highest BCUT2D eigenvalue weighted by atomic mass is 31.2. The predicted molar refractivity (Wildman–Crippen MR) is 269 cm³/mol. The summed E-state index contributed by atoms with van der Waals surface area (Å²) in [6.07, 6.45) is 3.71. The highest BCUT2D eigenvalue weighted by Crippen LogP contribution is 2.52. The van der Waals surface area contributed by atoms with Gasteiger partial charge in [0.25, 0.3) is 14.1 Å². The Morgan fingerprint density at radius 1 is 0.956 bits per heavy atom. The minimum atomic E-state index is -2.50. The molecule has 0 spiro atoms. The van der Waals surface area contributed by atoms with Crippen molar-refractivity contribution < 1.29 is 32.5 Å². The quantitative estimate of drug-likeness (QED) is 0.0222. The zero-order valence-corrected chi connectivity index (χ0v) is 43.8. The molecule has 1 fully saturated rings. The molecular weight excluding hydrogens is 898 g/mol. The first-order valence-corrected chi connectivity index (χ1v) is 28.4. The van der Waals surface area contributed by atoms with Gasteiger partial charge in [0.15, 0.2) is 8.32 Å². The number of aromatic nitrogens is 2. The Kier molecular flexibility index (Phi) is 20.4. The molecule has 5 rings (SSSR count). The molecule has 370 valence electrons. The molecule has 2 aliphatic rings. The van der Waals surface area contributed by atoms with Crippen LogP contribution in [0.5, 0.6) is 0 Å². The molecule has 0 bridgehead atoms. The van der Waals surface area contributed by atoms with Crippen molar-refractivity contribution in [2.45, 2.75) is 180 Å². The van der Waals surface area contributed by atoms with Crippen molar-refractivity contribution in [1.29, 1.82) is 0 Å². The lowest BCUT2D eigenvalue weighted by Crippen LogP contribution is -2.49. The molecule has 1 saturated heterocycles. The molecule has 6 atom stereocenters. The van der Waals surface area contributed by atoms with Crippen molar-refractivity contribution in [2.75, 3.05) is 19.7 Å². The van der Waals surface area contributed by atoms with E-state index in [0.29, 0.717) is 51.5 Å². The first-order chi connectivity index (χ1) is 32.3. The van der Waals surface area contributed by atoms with E-state index in [1.807, 2.05) is 55.5 Å². The summed E-state index contributed by atoms with van der Waals surface area (Å²) in [5, 5.41) is 2.79. The number of hydrogen-bond acceptors (Lipinski definition) is 10. The zero-order chi connectivity index (χ0) is 49.6. The van der Waals surface area contributed by atoms with Crippen molar-refractivity contribution in [1.82, 2.24) is 19.5 Å². The standard InChI is InChI=1S/C52H74N5O9PSi/c1-12-43-48(65-67(62-33-31-53-9)57(36(2)3)37(4)5)49(66-68(10,11)52(6,7)8)47(64-43)42-35-56(51(61)55-50(42)60)32-21-30-54-45(58)26-15-13-14-16-27-46(59)63-44-34-40-24-18-17-22-38(40)28-29-39-23-19-20-25-41(39)44/h17-20,22-25,35-37,43-44,47-49H,12-16,21,26-27,30-34H2,1-8,10-11H3,(H,54,58)(H,55,60,61)/t43-,44?,47+,48?,49-,67?/m1/s1. The largest absolute Gasteiger partial charge is 0.457 e. The molecule has 1 amide bonds. The third-order valence-corrected chi connectivity index (χ3v) is 19.5. The van der Waals surface area contributed by atoms with Gasteiger partial charge in [0, 0.05) is 67.3 Å². The predicted octanol–water partition coefficient (Wildman–Crippen LogP) is 9.53. The van der Waals surface area contributed by atoms with Gasteiger partial charge in [0.05, 0.1) is 11.7 Å². The maximum absolute atomic E-state index is 13.7. The fourth-order valence-corrected chi connectivity index (χ4v) is 11.4. The number of aromatic amines is 1. The minimum Gasteiger partial charge on any atom is -0.457 e. The number of fused-ring (bicyclic) bond motifs is 2. The molecular formula is C52H74N5O9PSi. The number of aryl methyl sites for hydroxylation is 1. The Labute approximate surface area is 406 Å². The smallest absolute Gasteiger partial charge is 0.328 e. The number of unbranched alkanes of at least 4 members (excludes halogenated alkanes) is 3. The molecule has 2 heterocycles. The van der Waals surface area contributed by atoms with E-state index in [4.69, 9.17) is 29.5 Å². The van der Waals surface area contributed by atoms with Gasteiger partial charge in [-0.15, -0.1) is 0 Å². The van der Waals surface area contributed by atoms with Crippen LogP contribution in [0, 0.1) is 18.4 Å². The van der Waals surface area contributed by atoms with Crippen LogP contribution in [-0.4, -0.2) is 84.5 Å². The van der Waals surface area contributed by atoms with E-state index >= 15 is 0 Å². The fraction of sp³-hybridized carbons (Fsp3) is 0.596. The molecule has 16 heteroatoms. The van der Waals surface area contributed by atoms with E-state index in [1.165, 1.54) is 4.57 Å². The second kappa shape index (κ2) is 25.4. The average Bonchev–Trinajstić information content (AvgIpc) is 3.60. The van der Waals surface area contributed by atoms with Crippen molar-refractivity contribution in [3.05, 3.63) is 115 Å². The first-order valence-electron chi connectivity index (χ1n) is 24.4. The molecule has 68 heavy (non-hydrogen) atoms. The van der Waals surface area contributed by atoms with Gasteiger partial charge >= 0.3 is 11.7 Å². The number of hydrogen-bond donors (Lipinski definition) is 2. The molecule has 1 aliphatic heterocycles. The van der Waals surface area contributed by atoms with Crippen LogP contribution in [-0.2, 0) is 45.5 Å². The maximum atomic E-state index is 13.7. The van der Waals surface area contributed by atoms with E-state index in [0.717, 1.165) is 35.1 Å². The monoisotopic (exact) mass is 971 g/mol. The summed E-state index contributed by atoms with van der Waals surface area (Å²) in [5.74, 6) is 6.18. The first kappa shape index (κ1) is 54.5. The summed E-state index contributed by atoms with van der Waals surface area (Å²) < 4.78 is 36.8. The molecule has 1 aliphatic carbocycles. The van der Waals surface area contributed by atoms with E-state index in [9.17, 15) is 19.2 Å². The van der Waals surface area contributed by atoms with Crippen LogP contribution >= 0.6 is 8.53 Å². The van der Waals surface area contributed by atoms with Gasteiger partial charge in [-0.1, -0.05) is 88.8 Å². The highest BCUT2D eigenvalue weighted by Gasteiger charge is 2.53. The van der Waals surface area contributed by atoms with Crippen molar-refractivity contribution in [2.24, 2.45) is 0 Å². The van der Waals surface area contributed by atoms with Gasteiger partial charge in [0.2, 0.25) is 12.5 Å². The zero-order valence-electron chi connectivity index (χ0n) is 41.9. The second-order valence-electron chi connectivity index (χ2n) is 19.8. The Bertz CT molecular complexity index is 2370. The highest BCUT2D eigenvalue weighted by molar-refractivity contribution is 7.44. The van der Waals surface area contributed by atoms with Crippen LogP contribution in [0.1, 0.15) is 147 Å². The lowest BCUT2D eigenvalue weighted by atomic mass is 9.92. The topological polar surface area (TPSA) is 155 Å². The van der Waals surface area contributed by atoms with Gasteiger partial charge in [-0.05, 0) is 89.2 Å². The van der Waals surface area contributed by atoms with E-state index < -0.39 is 58.6 Å². The van der Waals surface area contributed by atoms with Gasteiger partial charge in [0.1, 0.15) is 31.0 Å². The Hall–Kier alpha value is -4.44. The van der Waals surface area contributed by atoms with E-state index in [1.54, 1.807) is 6.20 Å². The van der Waals surface area contributed by atoms with Crippen LogP contribution < -0.4 is 16.6 Å². The summed E-state index contributed by atoms with van der Waals surface area (Å²) in [4.78, 5) is 58.7. The van der Waals surface area contributed by atoms with Gasteiger partial charge in [-0.3, -0.25) is 19.4 Å². The number of carbonyl (C=O) groups is 2. The number of carbonyl (C=O) groups excluding carboxylic acids is 2. The van der Waals surface area contributed by atoms with Gasteiger partial charge in [-0.25, -0.2) is 16.0 Å². The lowest BCUT2D eigenvalue weighted by molar-refractivity contribution is -0.149. The summed E-state index contributed by atoms with van der Waals surface area (Å²) in [5.41, 5.74) is 2.95. The SMILES string of the molecule is [C-]#[N+]CCOP(OC1[C@@H](CC)O[C@@H](c2cn(CCCNC(=O)CCCCCCC(=O)OC3Cc4ccccc4C#Cc4ccccc43)c(=O)[nH]c2=O)[C@H]1O[Si](C)(C)C(C)(C)C)N(C(C)C)C(C)C. The molecule has 0 radical (unpaired) electrons. The maximum Gasteiger partial charge on any atom is 0.328 e. The molecule has 2 N–H and O–H groups in total. The Morgan fingerprint density at radius 3 is 2.29 bits per heavy atom. The van der Waals surface area contributed by atoms with Crippen LogP contribution in [0.25, 0.3) is 4.85 Å².